The summed E-state index contributed by atoms with van der Waals surface area (Å²) in [6, 6.07) is 0. The van der Waals surface area contributed by atoms with E-state index in [-0.39, 0.29) is 32.0 Å². The summed E-state index contributed by atoms with van der Waals surface area (Å²) >= 11 is 0. The lowest BCUT2D eigenvalue weighted by Crippen LogP contribution is -2.59. The van der Waals surface area contributed by atoms with Crippen molar-refractivity contribution in [3.05, 3.63) is 0 Å². The fourth-order valence-corrected chi connectivity index (χ4v) is 8.01. The predicted octanol–water partition coefficient (Wildman–Crippen LogP) is 11.3. The summed E-state index contributed by atoms with van der Waals surface area (Å²) in [4.78, 5) is 25.4. The van der Waals surface area contributed by atoms with E-state index in [1.807, 2.05) is 0 Å². The molecule has 0 aromatic heterocycles. The van der Waals surface area contributed by atoms with Gasteiger partial charge in [-0.1, -0.05) is 219 Å². The molecule has 0 aromatic carbocycles. The average molecular weight is 843 g/mol. The van der Waals surface area contributed by atoms with Gasteiger partial charge in [-0.05, 0) is 12.8 Å². The molecule has 0 radical (unpaired) electrons. The Labute approximate surface area is 361 Å². The van der Waals surface area contributed by atoms with Gasteiger partial charge in [0.1, 0.15) is 31.0 Å². The first-order valence-electron chi connectivity index (χ1n) is 25.1. The highest BCUT2D eigenvalue weighted by molar-refractivity contribution is 5.70. The molecule has 1 fully saturated rings. The van der Waals surface area contributed by atoms with Crippen LogP contribution in [0.2, 0.25) is 0 Å². The highest BCUT2D eigenvalue weighted by atomic mass is 16.7. The van der Waals surface area contributed by atoms with Gasteiger partial charge in [-0.3, -0.25) is 9.59 Å². The van der Waals surface area contributed by atoms with Crippen LogP contribution in [0.1, 0.15) is 245 Å². The molecule has 0 amide bonds. The van der Waals surface area contributed by atoms with E-state index in [0.717, 1.165) is 38.5 Å². The van der Waals surface area contributed by atoms with E-state index in [0.29, 0.717) is 6.42 Å². The van der Waals surface area contributed by atoms with E-state index in [1.54, 1.807) is 0 Å². The first-order valence-corrected chi connectivity index (χ1v) is 25.1. The topological polar surface area (TPSA) is 152 Å². The Balaban J connectivity index is 2.26. The van der Waals surface area contributed by atoms with Crippen LogP contribution < -0.4 is 0 Å². The molecule has 10 nitrogen and oxygen atoms in total. The highest BCUT2D eigenvalue weighted by Gasteiger charge is 2.44. The van der Waals surface area contributed by atoms with Crippen LogP contribution in [0.3, 0.4) is 0 Å². The number of esters is 2. The second kappa shape index (κ2) is 40.8. The normalized spacial score (nSPS) is 19.9. The summed E-state index contributed by atoms with van der Waals surface area (Å²) in [6.45, 7) is 3.48. The zero-order valence-corrected chi connectivity index (χ0v) is 38.3. The van der Waals surface area contributed by atoms with Crippen LogP contribution in [0.4, 0.5) is 0 Å². The zero-order chi connectivity index (χ0) is 43.0. The van der Waals surface area contributed by atoms with Gasteiger partial charge in [0.15, 0.2) is 12.4 Å². The van der Waals surface area contributed by atoms with Gasteiger partial charge in [-0.25, -0.2) is 0 Å². The molecule has 1 aliphatic rings. The third-order valence-corrected chi connectivity index (χ3v) is 12.0. The summed E-state index contributed by atoms with van der Waals surface area (Å²) in [6.07, 6.45) is 35.3. The molecule has 6 atom stereocenters. The minimum atomic E-state index is -1.59. The van der Waals surface area contributed by atoms with E-state index in [1.165, 1.54) is 173 Å². The standard InChI is InChI=1S/C49H94O10/c1-3-5-7-9-11-13-15-17-19-21-22-24-26-28-30-32-34-36-38-45(52)58-42(41-57-49-48(55)47(54)46(53)43(39-50)59-49)40-56-44(51)37-35-33-31-29-27-25-23-20-18-16-14-12-10-8-6-4-2/h42-43,46-50,53-55H,3-41H2,1-2H3. The molecule has 1 heterocycles. The molecule has 0 aliphatic carbocycles. The van der Waals surface area contributed by atoms with Gasteiger partial charge in [0, 0.05) is 12.8 Å². The van der Waals surface area contributed by atoms with Crippen molar-refractivity contribution in [2.24, 2.45) is 0 Å². The quantitative estimate of drug-likeness (QED) is 0.0345. The molecule has 0 aromatic rings. The van der Waals surface area contributed by atoms with Gasteiger partial charge in [0.2, 0.25) is 0 Å². The van der Waals surface area contributed by atoms with E-state index in [9.17, 15) is 30.0 Å². The Morgan fingerprint density at radius 2 is 0.797 bits per heavy atom. The molecule has 1 aliphatic heterocycles. The van der Waals surface area contributed by atoms with Crippen LogP contribution in [-0.2, 0) is 28.5 Å². The third-order valence-electron chi connectivity index (χ3n) is 12.0. The van der Waals surface area contributed by atoms with Crippen LogP contribution in [0, 0.1) is 0 Å². The number of ether oxygens (including phenoxy) is 4. The van der Waals surface area contributed by atoms with E-state index in [2.05, 4.69) is 13.8 Å². The summed E-state index contributed by atoms with van der Waals surface area (Å²) in [5.41, 5.74) is 0. The Bertz CT molecular complexity index is 932. The lowest BCUT2D eigenvalue weighted by molar-refractivity contribution is -0.305. The SMILES string of the molecule is CCCCCCCCCCCCCCCCCCCCC(=O)OC(COC(=O)CCCCCCCCCCCCCCCCCC)COC1OC(CO)C(O)C(O)C1O. The third kappa shape index (κ3) is 32.1. The van der Waals surface area contributed by atoms with Crippen molar-refractivity contribution in [3.63, 3.8) is 0 Å². The van der Waals surface area contributed by atoms with Crippen molar-refractivity contribution < 1.29 is 49.0 Å². The van der Waals surface area contributed by atoms with Crippen molar-refractivity contribution in [1.82, 2.24) is 0 Å². The van der Waals surface area contributed by atoms with Crippen LogP contribution in [0.25, 0.3) is 0 Å². The average Bonchev–Trinajstić information content (AvgIpc) is 3.23. The summed E-state index contributed by atoms with van der Waals surface area (Å²) in [5, 5.41) is 40.2. The molecule has 1 rings (SSSR count). The zero-order valence-electron chi connectivity index (χ0n) is 38.3. The largest absolute Gasteiger partial charge is 0.462 e. The highest BCUT2D eigenvalue weighted by Crippen LogP contribution is 2.23. The minimum absolute atomic E-state index is 0.208. The summed E-state index contributed by atoms with van der Waals surface area (Å²) in [5.74, 6) is -0.787. The van der Waals surface area contributed by atoms with Crippen LogP contribution in [0.15, 0.2) is 0 Å². The number of unbranched alkanes of at least 4 members (excludes halogenated alkanes) is 32. The molecule has 6 unspecified atom stereocenters. The number of hydrogen-bond acceptors (Lipinski definition) is 10. The second-order valence-corrected chi connectivity index (χ2v) is 17.6. The monoisotopic (exact) mass is 843 g/mol. The molecular weight excluding hydrogens is 749 g/mol. The Morgan fingerprint density at radius 3 is 1.15 bits per heavy atom. The maximum atomic E-state index is 12.8. The van der Waals surface area contributed by atoms with E-state index in [4.69, 9.17) is 18.9 Å². The molecule has 350 valence electrons. The number of carbonyl (C=O) groups is 2. The number of hydrogen-bond donors (Lipinski definition) is 4. The molecule has 0 spiro atoms. The van der Waals surface area contributed by atoms with Gasteiger partial charge in [0.25, 0.3) is 0 Å². The predicted molar refractivity (Wildman–Crippen MR) is 238 cm³/mol. The molecular formula is C49H94O10. The number of rotatable bonds is 43. The van der Waals surface area contributed by atoms with E-state index >= 15 is 0 Å². The molecule has 4 N–H and O–H groups in total. The van der Waals surface area contributed by atoms with Crippen LogP contribution >= 0.6 is 0 Å². The number of aliphatic hydroxyl groups is 4. The smallest absolute Gasteiger partial charge is 0.306 e. The van der Waals surface area contributed by atoms with E-state index < -0.39 is 49.4 Å². The molecule has 0 bridgehead atoms. The van der Waals surface area contributed by atoms with Crippen molar-refractivity contribution in [3.8, 4) is 0 Å². The first-order chi connectivity index (χ1) is 28.8. The molecule has 59 heavy (non-hydrogen) atoms. The Morgan fingerprint density at radius 1 is 0.458 bits per heavy atom. The Hall–Kier alpha value is -1.30. The molecule has 1 saturated heterocycles. The lowest BCUT2D eigenvalue weighted by Gasteiger charge is -2.39. The van der Waals surface area contributed by atoms with Crippen molar-refractivity contribution in [2.75, 3.05) is 19.8 Å². The van der Waals surface area contributed by atoms with Crippen molar-refractivity contribution in [1.29, 1.82) is 0 Å². The van der Waals surface area contributed by atoms with Gasteiger partial charge in [-0.2, -0.15) is 0 Å². The summed E-state index contributed by atoms with van der Waals surface area (Å²) < 4.78 is 22.2. The first kappa shape index (κ1) is 55.7. The molecule has 0 saturated carbocycles. The van der Waals surface area contributed by atoms with Crippen molar-refractivity contribution in [2.45, 2.75) is 282 Å². The Kier molecular flexibility index (Phi) is 38.5. The van der Waals surface area contributed by atoms with Gasteiger partial charge in [0.05, 0.1) is 13.2 Å². The maximum absolute atomic E-state index is 12.8. The maximum Gasteiger partial charge on any atom is 0.306 e. The van der Waals surface area contributed by atoms with Crippen LogP contribution in [0.5, 0.6) is 0 Å². The van der Waals surface area contributed by atoms with Gasteiger partial charge in [-0.15, -0.1) is 0 Å². The fraction of sp³-hybridized carbons (Fsp3) is 0.959. The number of aliphatic hydroxyl groups excluding tert-OH is 4. The van der Waals surface area contributed by atoms with Gasteiger partial charge < -0.3 is 39.4 Å². The van der Waals surface area contributed by atoms with Crippen LogP contribution in [-0.4, -0.2) is 89.0 Å². The number of carbonyl (C=O) groups excluding carboxylic acids is 2. The minimum Gasteiger partial charge on any atom is -0.462 e. The van der Waals surface area contributed by atoms with Gasteiger partial charge >= 0.3 is 11.9 Å². The second-order valence-electron chi connectivity index (χ2n) is 17.6. The fourth-order valence-electron chi connectivity index (χ4n) is 8.01. The summed E-state index contributed by atoms with van der Waals surface area (Å²) in [7, 11) is 0. The molecule has 10 heteroatoms. The van der Waals surface area contributed by atoms with Crippen molar-refractivity contribution >= 4 is 11.9 Å². The lowest BCUT2D eigenvalue weighted by atomic mass is 9.99.